The molecule has 8 nitrogen and oxygen atoms in total. The van der Waals surface area contributed by atoms with Gasteiger partial charge in [-0.3, -0.25) is 9.52 Å². The monoisotopic (exact) mass is 223 g/mol. The summed E-state index contributed by atoms with van der Waals surface area (Å²) >= 11 is 0. The predicted molar refractivity (Wildman–Crippen MR) is 53.5 cm³/mol. The Labute approximate surface area is 89.8 Å². The lowest BCUT2D eigenvalue weighted by atomic mass is 10.4. The van der Waals surface area contributed by atoms with Gasteiger partial charge in [-0.05, 0) is 0 Å². The molecular weight excluding hydrogens is 214 g/mol. The lowest BCUT2D eigenvalue weighted by Gasteiger charge is -2.04. The van der Waals surface area contributed by atoms with Crippen molar-refractivity contribution < 1.29 is 14.7 Å². The second-order valence-corrected chi connectivity index (χ2v) is 3.01. The number of nitrogens with one attached hydrogen (secondary N) is 1. The number of anilines is 1. The number of hydrogen-bond donors (Lipinski definition) is 2. The van der Waals surface area contributed by atoms with E-state index in [4.69, 9.17) is 9.94 Å². The quantitative estimate of drug-likeness (QED) is 0.691. The van der Waals surface area contributed by atoms with Crippen LogP contribution in [0.2, 0.25) is 0 Å². The zero-order chi connectivity index (χ0) is 11.5. The Hall–Kier alpha value is -2.22. The normalized spacial score (nSPS) is 10.6. The van der Waals surface area contributed by atoms with Gasteiger partial charge >= 0.3 is 5.97 Å². The Morgan fingerprint density at radius 2 is 2.44 bits per heavy atom. The summed E-state index contributed by atoms with van der Waals surface area (Å²) in [5, 5.41) is 13.1. The highest BCUT2D eigenvalue weighted by Gasteiger charge is 2.07. The number of carbonyl (C=O) groups is 1. The molecule has 0 aliphatic carbocycles. The smallest absolute Gasteiger partial charge is 0.332 e. The van der Waals surface area contributed by atoms with Gasteiger partial charge in [0.15, 0.2) is 18.1 Å². The van der Waals surface area contributed by atoms with E-state index in [1.165, 1.54) is 6.33 Å². The van der Waals surface area contributed by atoms with Crippen LogP contribution in [0.25, 0.3) is 11.0 Å². The van der Waals surface area contributed by atoms with E-state index in [1.807, 2.05) is 0 Å². The van der Waals surface area contributed by atoms with E-state index in [0.29, 0.717) is 16.9 Å². The highest BCUT2D eigenvalue weighted by molar-refractivity contribution is 5.85. The molecule has 0 amide bonds. The molecule has 0 spiro atoms. The van der Waals surface area contributed by atoms with Crippen LogP contribution in [-0.2, 0) is 16.7 Å². The summed E-state index contributed by atoms with van der Waals surface area (Å²) in [6.45, 7) is -0.453. The zero-order valence-corrected chi connectivity index (χ0v) is 8.41. The summed E-state index contributed by atoms with van der Waals surface area (Å²) < 4.78 is 1.58. The molecule has 0 saturated heterocycles. The number of aromatic nitrogens is 4. The fourth-order valence-corrected chi connectivity index (χ4v) is 1.21. The molecule has 0 aliphatic heterocycles. The van der Waals surface area contributed by atoms with E-state index in [-0.39, 0.29) is 0 Å². The van der Waals surface area contributed by atoms with E-state index in [0.717, 1.165) is 0 Å². The molecule has 0 aliphatic rings. The average molecular weight is 223 g/mol. The van der Waals surface area contributed by atoms with Crippen molar-refractivity contribution >= 4 is 22.8 Å². The molecule has 2 heterocycles. The Morgan fingerprint density at radius 3 is 3.19 bits per heavy atom. The van der Waals surface area contributed by atoms with Crippen LogP contribution in [0.3, 0.4) is 0 Å². The van der Waals surface area contributed by atoms with Crippen molar-refractivity contribution in [3.05, 3.63) is 12.5 Å². The van der Waals surface area contributed by atoms with Gasteiger partial charge in [0.25, 0.3) is 0 Å². The first-order valence-corrected chi connectivity index (χ1v) is 4.41. The zero-order valence-electron chi connectivity index (χ0n) is 8.41. The molecule has 0 bridgehead atoms. The maximum absolute atomic E-state index is 10.2. The number of hydrogen-bond acceptors (Lipinski definition) is 6. The Balaban J connectivity index is 2.20. The van der Waals surface area contributed by atoms with Crippen LogP contribution >= 0.6 is 0 Å². The summed E-state index contributed by atoms with van der Waals surface area (Å²) in [5.41, 5.74) is 3.08. The number of carboxylic acid groups (broad SMARTS) is 1. The molecule has 8 heteroatoms. The minimum absolute atomic E-state index is 0.388. The molecule has 0 atom stereocenters. The average Bonchev–Trinajstić information content (AvgIpc) is 2.61. The molecule has 0 aromatic carbocycles. The number of aliphatic carboxylic acids is 1. The van der Waals surface area contributed by atoms with Crippen LogP contribution in [0.1, 0.15) is 0 Å². The van der Waals surface area contributed by atoms with E-state index >= 15 is 0 Å². The van der Waals surface area contributed by atoms with Crippen molar-refractivity contribution in [1.82, 2.24) is 19.7 Å². The van der Waals surface area contributed by atoms with Crippen molar-refractivity contribution in [1.29, 1.82) is 0 Å². The number of aryl methyl sites for hydroxylation is 1. The number of carboxylic acids is 1. The second-order valence-electron chi connectivity index (χ2n) is 3.01. The number of rotatable bonds is 4. The lowest BCUT2D eigenvalue weighted by molar-refractivity contribution is -0.141. The Kier molecular flexibility index (Phi) is 2.64. The van der Waals surface area contributed by atoms with Crippen molar-refractivity contribution in [2.24, 2.45) is 7.05 Å². The van der Waals surface area contributed by atoms with Crippen LogP contribution < -0.4 is 5.48 Å². The maximum atomic E-state index is 10.2. The minimum Gasteiger partial charge on any atom is -0.479 e. The van der Waals surface area contributed by atoms with Gasteiger partial charge in [0.1, 0.15) is 6.33 Å². The van der Waals surface area contributed by atoms with Crippen LogP contribution in [0.5, 0.6) is 0 Å². The second kappa shape index (κ2) is 4.11. The fraction of sp³-hybridized carbons (Fsp3) is 0.250. The van der Waals surface area contributed by atoms with Gasteiger partial charge in [-0.25, -0.2) is 20.2 Å². The molecule has 0 fully saturated rings. The van der Waals surface area contributed by atoms with Crippen molar-refractivity contribution in [3.63, 3.8) is 0 Å². The van der Waals surface area contributed by atoms with Gasteiger partial charge < -0.3 is 5.11 Å². The number of fused-ring (bicyclic) bond motifs is 1. The first-order chi connectivity index (χ1) is 7.68. The first kappa shape index (κ1) is 10.3. The van der Waals surface area contributed by atoms with Crippen LogP contribution in [-0.4, -0.2) is 37.4 Å². The third kappa shape index (κ3) is 1.91. The van der Waals surface area contributed by atoms with E-state index in [2.05, 4.69) is 20.5 Å². The first-order valence-electron chi connectivity index (χ1n) is 4.41. The van der Waals surface area contributed by atoms with E-state index in [9.17, 15) is 4.79 Å². The summed E-state index contributed by atoms with van der Waals surface area (Å²) in [6, 6.07) is 0. The van der Waals surface area contributed by atoms with Gasteiger partial charge in [0, 0.05) is 7.05 Å². The summed E-state index contributed by atoms with van der Waals surface area (Å²) in [7, 11) is 1.75. The van der Waals surface area contributed by atoms with E-state index in [1.54, 1.807) is 17.9 Å². The van der Waals surface area contributed by atoms with Crippen LogP contribution in [0, 0.1) is 0 Å². The highest BCUT2D eigenvalue weighted by atomic mass is 16.7. The number of nitrogens with zero attached hydrogens (tertiary/aromatic N) is 4. The van der Waals surface area contributed by atoms with Crippen molar-refractivity contribution in [2.45, 2.75) is 0 Å². The molecule has 2 aromatic rings. The molecule has 2 rings (SSSR count). The van der Waals surface area contributed by atoms with Gasteiger partial charge in [0.2, 0.25) is 0 Å². The third-order valence-corrected chi connectivity index (χ3v) is 1.89. The van der Waals surface area contributed by atoms with Gasteiger partial charge in [-0.15, -0.1) is 0 Å². The standard InChI is InChI=1S/C8H9N5O3/c1-13-8-5(2-11-13)7(9-4-10-8)12-16-3-6(14)15/h2,4H,3H2,1H3,(H,14,15)(H,9,10,12). The highest BCUT2D eigenvalue weighted by Crippen LogP contribution is 2.17. The van der Waals surface area contributed by atoms with Crippen LogP contribution in [0.15, 0.2) is 12.5 Å². The summed E-state index contributed by atoms with van der Waals surface area (Å²) in [6.07, 6.45) is 2.91. The van der Waals surface area contributed by atoms with Crippen molar-refractivity contribution in [2.75, 3.05) is 12.1 Å². The lowest BCUT2D eigenvalue weighted by Crippen LogP contribution is -2.12. The van der Waals surface area contributed by atoms with Gasteiger partial charge in [-0.1, -0.05) is 0 Å². The topological polar surface area (TPSA) is 102 Å². The largest absolute Gasteiger partial charge is 0.479 e. The molecular formula is C8H9N5O3. The fourth-order valence-electron chi connectivity index (χ4n) is 1.21. The molecule has 84 valence electrons. The Bertz CT molecular complexity index is 523. The minimum atomic E-state index is -1.07. The summed E-state index contributed by atoms with van der Waals surface area (Å²) in [4.78, 5) is 22.9. The molecule has 0 saturated carbocycles. The molecule has 0 radical (unpaired) electrons. The molecule has 2 N–H and O–H groups in total. The Morgan fingerprint density at radius 1 is 1.62 bits per heavy atom. The van der Waals surface area contributed by atoms with Crippen molar-refractivity contribution in [3.8, 4) is 0 Å². The third-order valence-electron chi connectivity index (χ3n) is 1.89. The molecule has 16 heavy (non-hydrogen) atoms. The molecule has 0 unspecified atom stereocenters. The maximum Gasteiger partial charge on any atom is 0.332 e. The summed E-state index contributed by atoms with van der Waals surface area (Å²) in [5.74, 6) is -0.677. The SMILES string of the molecule is Cn1ncc2c(NOCC(=O)O)ncnc21. The van der Waals surface area contributed by atoms with Crippen LogP contribution in [0.4, 0.5) is 5.82 Å². The van der Waals surface area contributed by atoms with Gasteiger partial charge in [0.05, 0.1) is 11.6 Å². The predicted octanol–water partition coefficient (Wildman–Crippen LogP) is -0.209. The van der Waals surface area contributed by atoms with Gasteiger partial charge in [-0.2, -0.15) is 5.10 Å². The van der Waals surface area contributed by atoms with E-state index < -0.39 is 12.6 Å². The molecule has 2 aromatic heterocycles.